The Balaban J connectivity index is 2.26. The number of nitrogens with zero attached hydrogens (tertiary/aromatic N) is 1. The van der Waals surface area contributed by atoms with E-state index in [0.717, 1.165) is 18.3 Å². The van der Waals surface area contributed by atoms with E-state index in [-0.39, 0.29) is 28.1 Å². The van der Waals surface area contributed by atoms with Gasteiger partial charge in [0.05, 0.1) is 18.2 Å². The normalized spacial score (nSPS) is 12.1. The van der Waals surface area contributed by atoms with Crippen molar-refractivity contribution in [2.24, 2.45) is 0 Å². The Labute approximate surface area is 156 Å². The summed E-state index contributed by atoms with van der Waals surface area (Å²) in [7, 11) is 1.23. The van der Waals surface area contributed by atoms with Crippen molar-refractivity contribution in [3.63, 3.8) is 0 Å². The van der Waals surface area contributed by atoms with E-state index in [4.69, 9.17) is 4.74 Å². The second-order valence-corrected chi connectivity index (χ2v) is 5.87. The molecule has 0 spiro atoms. The highest BCUT2D eigenvalue weighted by atomic mass is 19.4. The fourth-order valence-corrected chi connectivity index (χ4v) is 2.90. The number of benzene rings is 2. The Morgan fingerprint density at radius 2 is 1.21 bits per heavy atom. The molecule has 0 radical (unpaired) electrons. The molecule has 0 amide bonds. The molecule has 0 fully saturated rings. The van der Waals surface area contributed by atoms with Crippen LogP contribution in [0.1, 0.15) is 11.1 Å². The average molecular weight is 397 g/mol. The molecule has 1 heterocycles. The number of hydrogen-bond donors (Lipinski definition) is 0. The van der Waals surface area contributed by atoms with Crippen LogP contribution in [0.2, 0.25) is 0 Å². The molecule has 2 nitrogen and oxygen atoms in total. The number of halogens is 6. The lowest BCUT2D eigenvalue weighted by Crippen LogP contribution is -2.08. The summed E-state index contributed by atoms with van der Waals surface area (Å²) in [6.45, 7) is 0. The predicted molar refractivity (Wildman–Crippen MR) is 91.7 cm³/mol. The number of ether oxygens (including phenoxy) is 1. The maximum Gasteiger partial charge on any atom is 0.417 e. The summed E-state index contributed by atoms with van der Waals surface area (Å²) < 4.78 is 85.3. The van der Waals surface area contributed by atoms with Gasteiger partial charge in [-0.15, -0.1) is 0 Å². The third-order valence-electron chi connectivity index (χ3n) is 4.11. The number of hydrogen-bond acceptors (Lipinski definition) is 2. The monoisotopic (exact) mass is 397 g/mol. The molecular weight excluding hydrogens is 384 g/mol. The predicted octanol–water partition coefficient (Wildman–Crippen LogP) is 6.46. The molecule has 0 bridgehead atoms. The molecule has 0 saturated carbocycles. The summed E-state index contributed by atoms with van der Waals surface area (Å²) in [5.41, 5.74) is -2.28. The fourth-order valence-electron chi connectivity index (χ4n) is 2.90. The summed E-state index contributed by atoms with van der Waals surface area (Å²) in [6, 6.07) is 10.8. The van der Waals surface area contributed by atoms with Crippen molar-refractivity contribution in [1.29, 1.82) is 0 Å². The largest absolute Gasteiger partial charge is 0.481 e. The first-order valence-electron chi connectivity index (χ1n) is 8.00. The highest BCUT2D eigenvalue weighted by Gasteiger charge is 2.35. The van der Waals surface area contributed by atoms with Gasteiger partial charge in [-0.1, -0.05) is 36.4 Å². The standard InChI is InChI=1S/C20H13F6NO/c1-28-18-15(14-7-3-5-9-17(14)20(24,25)26)10-12(11-27-18)13-6-2-4-8-16(13)19(21,22)23/h2-11H,1H3. The van der Waals surface area contributed by atoms with Crippen LogP contribution in [0.3, 0.4) is 0 Å². The highest BCUT2D eigenvalue weighted by Crippen LogP contribution is 2.42. The molecule has 0 N–H and O–H groups in total. The first kappa shape index (κ1) is 19.7. The second kappa shape index (κ2) is 7.18. The van der Waals surface area contributed by atoms with E-state index in [9.17, 15) is 26.3 Å². The Morgan fingerprint density at radius 3 is 1.75 bits per heavy atom. The zero-order chi connectivity index (χ0) is 20.5. The molecule has 0 unspecified atom stereocenters. The van der Waals surface area contributed by atoms with Crippen LogP contribution < -0.4 is 4.74 Å². The van der Waals surface area contributed by atoms with Crippen molar-refractivity contribution in [2.75, 3.05) is 7.11 Å². The molecule has 3 rings (SSSR count). The Kier molecular flexibility index (Phi) is 5.06. The zero-order valence-electron chi connectivity index (χ0n) is 14.4. The Hall–Kier alpha value is -3.03. The SMILES string of the molecule is COc1ncc(-c2ccccc2C(F)(F)F)cc1-c1ccccc1C(F)(F)F. The van der Waals surface area contributed by atoms with Crippen LogP contribution in [-0.2, 0) is 12.4 Å². The third-order valence-corrected chi connectivity index (χ3v) is 4.11. The van der Waals surface area contributed by atoms with Crippen molar-refractivity contribution >= 4 is 0 Å². The van der Waals surface area contributed by atoms with E-state index < -0.39 is 23.5 Å². The summed E-state index contributed by atoms with van der Waals surface area (Å²) in [4.78, 5) is 3.94. The van der Waals surface area contributed by atoms with Gasteiger partial charge in [0, 0.05) is 17.3 Å². The number of rotatable bonds is 3. The van der Waals surface area contributed by atoms with E-state index in [0.29, 0.717) is 0 Å². The molecule has 0 aliphatic carbocycles. The van der Waals surface area contributed by atoms with E-state index in [1.165, 1.54) is 49.6 Å². The van der Waals surface area contributed by atoms with Crippen molar-refractivity contribution in [3.8, 4) is 28.1 Å². The molecule has 146 valence electrons. The summed E-state index contributed by atoms with van der Waals surface area (Å²) >= 11 is 0. The third kappa shape index (κ3) is 3.81. The van der Waals surface area contributed by atoms with Gasteiger partial charge in [0.1, 0.15) is 0 Å². The topological polar surface area (TPSA) is 22.1 Å². The lowest BCUT2D eigenvalue weighted by molar-refractivity contribution is -0.137. The minimum atomic E-state index is -4.65. The molecule has 0 atom stereocenters. The van der Waals surface area contributed by atoms with Gasteiger partial charge in [0.25, 0.3) is 0 Å². The summed E-state index contributed by atoms with van der Waals surface area (Å²) in [5, 5.41) is 0. The lowest BCUT2D eigenvalue weighted by atomic mass is 9.95. The van der Waals surface area contributed by atoms with Gasteiger partial charge in [-0.2, -0.15) is 26.3 Å². The molecule has 2 aromatic carbocycles. The zero-order valence-corrected chi connectivity index (χ0v) is 14.4. The first-order chi connectivity index (χ1) is 13.1. The Bertz CT molecular complexity index is 994. The van der Waals surface area contributed by atoms with Gasteiger partial charge < -0.3 is 4.74 Å². The molecular formula is C20H13F6NO. The van der Waals surface area contributed by atoms with Gasteiger partial charge >= 0.3 is 12.4 Å². The van der Waals surface area contributed by atoms with Crippen LogP contribution in [0.4, 0.5) is 26.3 Å². The molecule has 28 heavy (non-hydrogen) atoms. The van der Waals surface area contributed by atoms with E-state index in [2.05, 4.69) is 4.98 Å². The van der Waals surface area contributed by atoms with Crippen molar-refractivity contribution in [3.05, 3.63) is 71.9 Å². The van der Waals surface area contributed by atoms with Crippen LogP contribution in [0.5, 0.6) is 5.88 Å². The van der Waals surface area contributed by atoms with E-state index in [1.54, 1.807) is 0 Å². The summed E-state index contributed by atoms with van der Waals surface area (Å²) in [6.07, 6.45) is -8.13. The smallest absolute Gasteiger partial charge is 0.417 e. The molecule has 0 aliphatic heterocycles. The first-order valence-corrected chi connectivity index (χ1v) is 8.00. The van der Waals surface area contributed by atoms with E-state index >= 15 is 0 Å². The van der Waals surface area contributed by atoms with E-state index in [1.807, 2.05) is 0 Å². The quantitative estimate of drug-likeness (QED) is 0.473. The van der Waals surface area contributed by atoms with Gasteiger partial charge in [0.15, 0.2) is 0 Å². The minimum Gasteiger partial charge on any atom is -0.481 e. The van der Waals surface area contributed by atoms with Crippen LogP contribution >= 0.6 is 0 Å². The number of pyridine rings is 1. The summed E-state index contributed by atoms with van der Waals surface area (Å²) in [5.74, 6) is -0.120. The van der Waals surface area contributed by atoms with Crippen molar-refractivity contribution < 1.29 is 31.1 Å². The fraction of sp³-hybridized carbons (Fsp3) is 0.150. The molecule has 0 aliphatic rings. The number of alkyl halides is 6. The Morgan fingerprint density at radius 1 is 0.714 bits per heavy atom. The van der Waals surface area contributed by atoms with Gasteiger partial charge in [-0.3, -0.25) is 0 Å². The van der Waals surface area contributed by atoms with Crippen LogP contribution in [0.15, 0.2) is 60.8 Å². The maximum atomic E-state index is 13.4. The van der Waals surface area contributed by atoms with Crippen molar-refractivity contribution in [2.45, 2.75) is 12.4 Å². The van der Waals surface area contributed by atoms with Gasteiger partial charge in [0.2, 0.25) is 5.88 Å². The van der Waals surface area contributed by atoms with Crippen molar-refractivity contribution in [1.82, 2.24) is 4.98 Å². The molecule has 1 aromatic heterocycles. The highest BCUT2D eigenvalue weighted by molar-refractivity contribution is 5.79. The van der Waals surface area contributed by atoms with Crippen LogP contribution in [-0.4, -0.2) is 12.1 Å². The van der Waals surface area contributed by atoms with Gasteiger partial charge in [-0.25, -0.2) is 4.98 Å². The average Bonchev–Trinajstić information content (AvgIpc) is 2.66. The number of methoxy groups -OCH3 is 1. The van der Waals surface area contributed by atoms with Crippen LogP contribution in [0.25, 0.3) is 22.3 Å². The van der Waals surface area contributed by atoms with Gasteiger partial charge in [-0.05, 0) is 29.3 Å². The maximum absolute atomic E-state index is 13.4. The molecule has 0 saturated heterocycles. The lowest BCUT2D eigenvalue weighted by Gasteiger charge is -2.17. The minimum absolute atomic E-state index is 0.0284. The number of aromatic nitrogens is 1. The van der Waals surface area contributed by atoms with Crippen LogP contribution in [0, 0.1) is 0 Å². The molecule has 3 aromatic rings. The second-order valence-electron chi connectivity index (χ2n) is 5.87. The molecule has 8 heteroatoms.